The normalized spacial score (nSPS) is 14.7. The molecule has 1 aromatic rings. The lowest BCUT2D eigenvalue weighted by Crippen LogP contribution is -2.37. The maximum absolute atomic E-state index is 12.0. The average molecular weight is 321 g/mol. The molecule has 3 amide bonds. The largest absolute Gasteiger partial charge is 0.479 e. The predicted molar refractivity (Wildman–Crippen MR) is 82.4 cm³/mol. The summed E-state index contributed by atoms with van der Waals surface area (Å²) in [5.41, 5.74) is 0.798. The molecule has 8 nitrogen and oxygen atoms in total. The summed E-state index contributed by atoms with van der Waals surface area (Å²) in [5, 5.41) is 16.8. The second-order valence-corrected chi connectivity index (χ2v) is 5.23. The van der Waals surface area contributed by atoms with E-state index >= 15 is 0 Å². The van der Waals surface area contributed by atoms with Gasteiger partial charge in [-0.05, 0) is 31.0 Å². The number of benzene rings is 1. The first-order chi connectivity index (χ1) is 11.0. The molecule has 23 heavy (non-hydrogen) atoms. The minimum atomic E-state index is -1.15. The van der Waals surface area contributed by atoms with Crippen LogP contribution >= 0.6 is 0 Å². The van der Waals surface area contributed by atoms with E-state index in [1.165, 1.54) is 13.2 Å². The maximum atomic E-state index is 12.0. The molecule has 124 valence electrons. The molecular formula is C15H19N3O5. The smallest absolute Gasteiger partial charge is 0.334 e. The van der Waals surface area contributed by atoms with Crippen molar-refractivity contribution in [3.63, 3.8) is 0 Å². The number of urea groups is 1. The van der Waals surface area contributed by atoms with Gasteiger partial charge in [-0.15, -0.1) is 0 Å². The fourth-order valence-corrected chi connectivity index (χ4v) is 1.88. The summed E-state index contributed by atoms with van der Waals surface area (Å²) in [6, 6.07) is 6.32. The fourth-order valence-electron chi connectivity index (χ4n) is 1.88. The van der Waals surface area contributed by atoms with Crippen LogP contribution in [0.1, 0.15) is 23.2 Å². The van der Waals surface area contributed by atoms with E-state index in [0.717, 1.165) is 12.8 Å². The lowest BCUT2D eigenvalue weighted by Gasteiger charge is -2.12. The van der Waals surface area contributed by atoms with Crippen LogP contribution in [-0.2, 0) is 9.53 Å². The van der Waals surface area contributed by atoms with Crippen LogP contribution < -0.4 is 16.0 Å². The number of carboxylic acid groups (broad SMARTS) is 1. The minimum Gasteiger partial charge on any atom is -0.479 e. The van der Waals surface area contributed by atoms with Gasteiger partial charge in [0.2, 0.25) is 0 Å². The first-order valence-corrected chi connectivity index (χ1v) is 7.21. The molecule has 2 rings (SSSR count). The van der Waals surface area contributed by atoms with E-state index in [1.807, 2.05) is 0 Å². The molecule has 0 saturated heterocycles. The molecule has 0 bridgehead atoms. The van der Waals surface area contributed by atoms with Crippen molar-refractivity contribution in [1.82, 2.24) is 10.6 Å². The van der Waals surface area contributed by atoms with Crippen molar-refractivity contribution in [2.45, 2.75) is 25.0 Å². The van der Waals surface area contributed by atoms with Crippen LogP contribution in [-0.4, -0.2) is 48.8 Å². The van der Waals surface area contributed by atoms with Gasteiger partial charge >= 0.3 is 12.0 Å². The van der Waals surface area contributed by atoms with Gasteiger partial charge in [0.1, 0.15) is 0 Å². The lowest BCUT2D eigenvalue weighted by atomic mass is 10.2. The van der Waals surface area contributed by atoms with Gasteiger partial charge in [-0.3, -0.25) is 4.79 Å². The zero-order valence-corrected chi connectivity index (χ0v) is 12.7. The number of amides is 3. The van der Waals surface area contributed by atoms with Crippen LogP contribution in [0.15, 0.2) is 24.3 Å². The van der Waals surface area contributed by atoms with Crippen LogP contribution in [0.3, 0.4) is 0 Å². The van der Waals surface area contributed by atoms with Crippen molar-refractivity contribution in [3.8, 4) is 0 Å². The first-order valence-electron chi connectivity index (χ1n) is 7.21. The zero-order chi connectivity index (χ0) is 16.8. The molecule has 1 unspecified atom stereocenters. The van der Waals surface area contributed by atoms with Gasteiger partial charge < -0.3 is 25.8 Å². The third-order valence-corrected chi connectivity index (χ3v) is 3.30. The summed E-state index contributed by atoms with van der Waals surface area (Å²) >= 11 is 0. The Kier molecular flexibility index (Phi) is 5.53. The number of methoxy groups -OCH3 is 1. The monoisotopic (exact) mass is 321 g/mol. The third-order valence-electron chi connectivity index (χ3n) is 3.30. The number of anilines is 1. The third kappa shape index (κ3) is 5.26. The van der Waals surface area contributed by atoms with Gasteiger partial charge in [0.15, 0.2) is 6.10 Å². The molecule has 1 aliphatic rings. The molecular weight excluding hydrogens is 302 g/mol. The van der Waals surface area contributed by atoms with Crippen LogP contribution in [0.4, 0.5) is 10.5 Å². The Bertz CT molecular complexity index is 601. The minimum absolute atomic E-state index is 0.148. The van der Waals surface area contributed by atoms with E-state index in [1.54, 1.807) is 18.2 Å². The fraction of sp³-hybridized carbons (Fsp3) is 0.400. The Hall–Kier alpha value is -2.61. The molecule has 1 saturated carbocycles. The number of carbonyl (C=O) groups is 3. The SMILES string of the molecule is COC(CNC(=O)c1cccc(NC(=O)NC2CC2)c1)C(=O)O. The number of hydrogen-bond acceptors (Lipinski definition) is 4. The predicted octanol–water partition coefficient (Wildman–Crippen LogP) is 0.800. The molecule has 0 spiro atoms. The lowest BCUT2D eigenvalue weighted by molar-refractivity contribution is -0.148. The maximum Gasteiger partial charge on any atom is 0.334 e. The Morgan fingerprint density at radius 2 is 2.09 bits per heavy atom. The molecule has 4 N–H and O–H groups in total. The number of ether oxygens (including phenoxy) is 1. The highest BCUT2D eigenvalue weighted by atomic mass is 16.5. The molecule has 1 atom stereocenters. The first kappa shape index (κ1) is 16.8. The van der Waals surface area contributed by atoms with E-state index in [9.17, 15) is 14.4 Å². The summed E-state index contributed by atoms with van der Waals surface area (Å²) in [4.78, 5) is 34.5. The topological polar surface area (TPSA) is 117 Å². The van der Waals surface area contributed by atoms with E-state index in [0.29, 0.717) is 11.3 Å². The summed E-state index contributed by atoms with van der Waals surface area (Å²) in [5.74, 6) is -1.60. The van der Waals surface area contributed by atoms with Gasteiger partial charge in [-0.1, -0.05) is 6.07 Å². The van der Waals surface area contributed by atoms with Gasteiger partial charge in [0.25, 0.3) is 5.91 Å². The quantitative estimate of drug-likeness (QED) is 0.593. The van der Waals surface area contributed by atoms with Gasteiger partial charge in [0, 0.05) is 24.4 Å². The number of carbonyl (C=O) groups excluding carboxylic acids is 2. The van der Waals surface area contributed by atoms with Crippen molar-refractivity contribution in [2.75, 3.05) is 19.0 Å². The number of carboxylic acids is 1. The average Bonchev–Trinajstić information content (AvgIpc) is 3.31. The number of rotatable bonds is 7. The molecule has 1 aromatic carbocycles. The van der Waals surface area contributed by atoms with E-state index < -0.39 is 18.0 Å². The van der Waals surface area contributed by atoms with E-state index in [2.05, 4.69) is 16.0 Å². The van der Waals surface area contributed by atoms with Crippen molar-refractivity contribution in [2.24, 2.45) is 0 Å². The summed E-state index contributed by atoms with van der Waals surface area (Å²) in [6.07, 6.45) is 0.866. The Labute approximate surface area is 133 Å². The molecule has 0 heterocycles. The van der Waals surface area contributed by atoms with Crippen molar-refractivity contribution in [1.29, 1.82) is 0 Å². The molecule has 0 aliphatic heterocycles. The zero-order valence-electron chi connectivity index (χ0n) is 12.7. The Morgan fingerprint density at radius 3 is 2.70 bits per heavy atom. The van der Waals surface area contributed by atoms with Crippen molar-refractivity contribution >= 4 is 23.6 Å². The summed E-state index contributed by atoms with van der Waals surface area (Å²) < 4.78 is 4.74. The summed E-state index contributed by atoms with van der Waals surface area (Å²) in [7, 11) is 1.26. The molecule has 0 aromatic heterocycles. The standard InChI is InChI=1S/C15H19N3O5/c1-23-12(14(20)21)8-16-13(19)9-3-2-4-11(7-9)18-15(22)17-10-5-6-10/h2-4,7,10,12H,5-6,8H2,1H3,(H,16,19)(H,20,21)(H2,17,18,22). The van der Waals surface area contributed by atoms with Crippen LogP contribution in [0, 0.1) is 0 Å². The van der Waals surface area contributed by atoms with Crippen molar-refractivity contribution < 1.29 is 24.2 Å². The Balaban J connectivity index is 1.91. The van der Waals surface area contributed by atoms with Crippen LogP contribution in [0.2, 0.25) is 0 Å². The number of nitrogens with one attached hydrogen (secondary N) is 3. The van der Waals surface area contributed by atoms with E-state index in [-0.39, 0.29) is 18.6 Å². The van der Waals surface area contributed by atoms with Crippen LogP contribution in [0.25, 0.3) is 0 Å². The van der Waals surface area contributed by atoms with Gasteiger partial charge in [-0.25, -0.2) is 9.59 Å². The number of hydrogen-bond donors (Lipinski definition) is 4. The second-order valence-electron chi connectivity index (χ2n) is 5.23. The highest BCUT2D eigenvalue weighted by molar-refractivity contribution is 5.97. The van der Waals surface area contributed by atoms with Gasteiger partial charge in [0.05, 0.1) is 6.54 Å². The van der Waals surface area contributed by atoms with Crippen LogP contribution in [0.5, 0.6) is 0 Å². The highest BCUT2D eigenvalue weighted by Crippen LogP contribution is 2.19. The van der Waals surface area contributed by atoms with Gasteiger partial charge in [-0.2, -0.15) is 0 Å². The second kappa shape index (κ2) is 7.59. The number of aliphatic carboxylic acids is 1. The summed E-state index contributed by atoms with van der Waals surface area (Å²) in [6.45, 7) is -0.148. The van der Waals surface area contributed by atoms with Crippen molar-refractivity contribution in [3.05, 3.63) is 29.8 Å². The molecule has 0 radical (unpaired) electrons. The highest BCUT2D eigenvalue weighted by Gasteiger charge is 2.23. The molecule has 1 fully saturated rings. The molecule has 1 aliphatic carbocycles. The molecule has 8 heteroatoms. The Morgan fingerprint density at radius 1 is 1.35 bits per heavy atom. The van der Waals surface area contributed by atoms with E-state index in [4.69, 9.17) is 9.84 Å².